The molecule has 0 aromatic heterocycles. The standard InChI is InChI=1S/C14H13ClO2/c1-16-13-6-4-3-5-11(13)10-7-8-14(17-2)12(15)9-10/h3-9H,1-2H3. The van der Waals surface area contributed by atoms with Crippen molar-refractivity contribution in [2.45, 2.75) is 0 Å². The van der Waals surface area contributed by atoms with Gasteiger partial charge in [-0.3, -0.25) is 0 Å². The van der Waals surface area contributed by atoms with Crippen molar-refractivity contribution < 1.29 is 9.47 Å². The summed E-state index contributed by atoms with van der Waals surface area (Å²) < 4.78 is 10.5. The van der Waals surface area contributed by atoms with Crippen LogP contribution in [0.1, 0.15) is 0 Å². The van der Waals surface area contributed by atoms with Gasteiger partial charge in [0.2, 0.25) is 0 Å². The Balaban J connectivity index is 2.49. The van der Waals surface area contributed by atoms with Gasteiger partial charge in [-0.1, -0.05) is 35.9 Å². The maximum atomic E-state index is 6.11. The molecule has 0 aliphatic carbocycles. The van der Waals surface area contributed by atoms with E-state index in [1.54, 1.807) is 14.2 Å². The fraction of sp³-hybridized carbons (Fsp3) is 0.143. The monoisotopic (exact) mass is 248 g/mol. The lowest BCUT2D eigenvalue weighted by atomic mass is 10.0. The average Bonchev–Trinajstić information content (AvgIpc) is 2.38. The van der Waals surface area contributed by atoms with Crippen molar-refractivity contribution in [1.29, 1.82) is 0 Å². The molecule has 88 valence electrons. The number of benzene rings is 2. The molecule has 0 unspecified atom stereocenters. The molecule has 2 aromatic carbocycles. The van der Waals surface area contributed by atoms with Crippen LogP contribution in [0.2, 0.25) is 5.02 Å². The van der Waals surface area contributed by atoms with Crippen LogP contribution in [0.4, 0.5) is 0 Å². The van der Waals surface area contributed by atoms with Crippen LogP contribution < -0.4 is 9.47 Å². The highest BCUT2D eigenvalue weighted by molar-refractivity contribution is 6.32. The first-order valence-electron chi connectivity index (χ1n) is 5.23. The number of rotatable bonds is 3. The molecular weight excluding hydrogens is 236 g/mol. The Hall–Kier alpha value is -1.67. The molecule has 0 atom stereocenters. The molecule has 0 aliphatic heterocycles. The van der Waals surface area contributed by atoms with Gasteiger partial charge >= 0.3 is 0 Å². The van der Waals surface area contributed by atoms with Gasteiger partial charge in [-0.25, -0.2) is 0 Å². The van der Waals surface area contributed by atoms with Gasteiger partial charge in [0.15, 0.2) is 0 Å². The minimum Gasteiger partial charge on any atom is -0.496 e. The van der Waals surface area contributed by atoms with Gasteiger partial charge < -0.3 is 9.47 Å². The molecule has 17 heavy (non-hydrogen) atoms. The van der Waals surface area contributed by atoms with E-state index in [2.05, 4.69) is 0 Å². The molecule has 0 spiro atoms. The molecule has 3 heteroatoms. The van der Waals surface area contributed by atoms with E-state index in [-0.39, 0.29) is 0 Å². The molecule has 0 heterocycles. The van der Waals surface area contributed by atoms with Gasteiger partial charge in [-0.2, -0.15) is 0 Å². The lowest BCUT2D eigenvalue weighted by molar-refractivity contribution is 0.414. The van der Waals surface area contributed by atoms with Crippen LogP contribution in [0.5, 0.6) is 11.5 Å². The van der Waals surface area contributed by atoms with Crippen molar-refractivity contribution in [2.24, 2.45) is 0 Å². The summed E-state index contributed by atoms with van der Waals surface area (Å²) in [5, 5.41) is 0.593. The third kappa shape index (κ3) is 2.37. The maximum Gasteiger partial charge on any atom is 0.137 e. The van der Waals surface area contributed by atoms with Crippen molar-refractivity contribution in [3.63, 3.8) is 0 Å². The summed E-state index contributed by atoms with van der Waals surface area (Å²) in [6.45, 7) is 0. The Labute approximate surface area is 106 Å². The summed E-state index contributed by atoms with van der Waals surface area (Å²) in [7, 11) is 3.26. The Bertz CT molecular complexity index is 523. The SMILES string of the molecule is COc1ccc(-c2ccccc2OC)cc1Cl. The summed E-state index contributed by atoms with van der Waals surface area (Å²) in [4.78, 5) is 0. The molecule has 0 saturated carbocycles. The maximum absolute atomic E-state index is 6.11. The summed E-state index contributed by atoms with van der Waals surface area (Å²) in [6, 6.07) is 13.5. The average molecular weight is 249 g/mol. The minimum atomic E-state index is 0.593. The number of halogens is 1. The summed E-state index contributed by atoms with van der Waals surface area (Å²) >= 11 is 6.11. The van der Waals surface area contributed by atoms with Crippen LogP contribution in [0, 0.1) is 0 Å². The van der Waals surface area contributed by atoms with Gasteiger partial charge in [0.1, 0.15) is 11.5 Å². The van der Waals surface area contributed by atoms with Gasteiger partial charge in [-0.15, -0.1) is 0 Å². The first-order chi connectivity index (χ1) is 8.26. The summed E-state index contributed by atoms with van der Waals surface area (Å²) in [5.74, 6) is 1.50. The zero-order chi connectivity index (χ0) is 12.3. The molecule has 2 rings (SSSR count). The second-order valence-electron chi connectivity index (χ2n) is 3.55. The number of hydrogen-bond donors (Lipinski definition) is 0. The second-order valence-corrected chi connectivity index (χ2v) is 3.96. The fourth-order valence-corrected chi connectivity index (χ4v) is 1.97. The van der Waals surface area contributed by atoms with E-state index in [0.29, 0.717) is 10.8 Å². The van der Waals surface area contributed by atoms with E-state index in [1.165, 1.54) is 0 Å². The van der Waals surface area contributed by atoms with Crippen molar-refractivity contribution in [3.05, 3.63) is 47.5 Å². The van der Waals surface area contributed by atoms with E-state index in [0.717, 1.165) is 16.9 Å². The molecular formula is C14H13ClO2. The zero-order valence-electron chi connectivity index (χ0n) is 9.74. The molecule has 0 amide bonds. The number of para-hydroxylation sites is 1. The van der Waals surface area contributed by atoms with Crippen LogP contribution in [0.25, 0.3) is 11.1 Å². The van der Waals surface area contributed by atoms with Gasteiger partial charge in [0.05, 0.1) is 19.2 Å². The van der Waals surface area contributed by atoms with Crippen molar-refractivity contribution in [3.8, 4) is 22.6 Å². The predicted octanol–water partition coefficient (Wildman–Crippen LogP) is 4.02. The topological polar surface area (TPSA) is 18.5 Å². The normalized spacial score (nSPS) is 10.1. The van der Waals surface area contributed by atoms with E-state index in [9.17, 15) is 0 Å². The van der Waals surface area contributed by atoms with E-state index in [1.807, 2.05) is 42.5 Å². The van der Waals surface area contributed by atoms with Crippen LogP contribution >= 0.6 is 11.6 Å². The van der Waals surface area contributed by atoms with E-state index >= 15 is 0 Å². The number of ether oxygens (including phenoxy) is 2. The summed E-state index contributed by atoms with van der Waals surface area (Å²) in [5.41, 5.74) is 2.02. The molecule has 0 radical (unpaired) electrons. The first kappa shape index (κ1) is 11.8. The highest BCUT2D eigenvalue weighted by Crippen LogP contribution is 2.34. The lowest BCUT2D eigenvalue weighted by Gasteiger charge is -2.10. The Morgan fingerprint density at radius 3 is 2.24 bits per heavy atom. The largest absolute Gasteiger partial charge is 0.496 e. The zero-order valence-corrected chi connectivity index (χ0v) is 10.5. The highest BCUT2D eigenvalue weighted by atomic mass is 35.5. The van der Waals surface area contributed by atoms with Crippen LogP contribution in [0.3, 0.4) is 0 Å². The van der Waals surface area contributed by atoms with Gasteiger partial charge in [-0.05, 0) is 23.8 Å². The Kier molecular flexibility index (Phi) is 3.55. The second kappa shape index (κ2) is 5.11. The predicted molar refractivity (Wildman–Crippen MR) is 70.0 cm³/mol. The van der Waals surface area contributed by atoms with Gasteiger partial charge in [0.25, 0.3) is 0 Å². The Morgan fingerprint density at radius 2 is 1.59 bits per heavy atom. The van der Waals surface area contributed by atoms with Crippen LogP contribution in [-0.2, 0) is 0 Å². The Morgan fingerprint density at radius 1 is 0.882 bits per heavy atom. The number of hydrogen-bond acceptors (Lipinski definition) is 2. The third-order valence-electron chi connectivity index (χ3n) is 2.57. The molecule has 0 bridgehead atoms. The number of methoxy groups -OCH3 is 2. The van der Waals surface area contributed by atoms with E-state index < -0.39 is 0 Å². The molecule has 0 fully saturated rings. The third-order valence-corrected chi connectivity index (χ3v) is 2.87. The van der Waals surface area contributed by atoms with Crippen molar-refractivity contribution >= 4 is 11.6 Å². The highest BCUT2D eigenvalue weighted by Gasteiger charge is 2.07. The van der Waals surface area contributed by atoms with Crippen LogP contribution in [0.15, 0.2) is 42.5 Å². The first-order valence-corrected chi connectivity index (χ1v) is 5.61. The van der Waals surface area contributed by atoms with Crippen molar-refractivity contribution in [1.82, 2.24) is 0 Å². The van der Waals surface area contributed by atoms with Crippen molar-refractivity contribution in [2.75, 3.05) is 14.2 Å². The summed E-state index contributed by atoms with van der Waals surface area (Å²) in [6.07, 6.45) is 0. The molecule has 2 aromatic rings. The molecule has 0 aliphatic rings. The lowest BCUT2D eigenvalue weighted by Crippen LogP contribution is -1.88. The fourth-order valence-electron chi connectivity index (χ4n) is 1.72. The molecule has 0 saturated heterocycles. The van der Waals surface area contributed by atoms with E-state index in [4.69, 9.17) is 21.1 Å². The smallest absolute Gasteiger partial charge is 0.137 e. The minimum absolute atomic E-state index is 0.593. The quantitative estimate of drug-likeness (QED) is 0.817. The molecule has 2 nitrogen and oxygen atoms in total. The molecule has 0 N–H and O–H groups in total. The van der Waals surface area contributed by atoms with Gasteiger partial charge in [0, 0.05) is 5.56 Å². The van der Waals surface area contributed by atoms with Crippen LogP contribution in [-0.4, -0.2) is 14.2 Å².